The summed E-state index contributed by atoms with van der Waals surface area (Å²) in [5.74, 6) is 1.54. The number of rotatable bonds is 8. The standard InChI is InChI=1S/C32H45N3O3/c1-6-32(33(4)5,30(36)27-11-13-29(14-12-27)34-19-21-38-22-20-34)23-26-7-9-28(10-8-26)31(37)35-17-15-24(2)25(3)16-18-35/h7-14,24-25H,6,15-23H2,1-5H3. The van der Waals surface area contributed by atoms with Gasteiger partial charge in [0.2, 0.25) is 0 Å². The van der Waals surface area contributed by atoms with Crippen LogP contribution in [-0.4, -0.2) is 80.5 Å². The number of hydrogen-bond acceptors (Lipinski definition) is 5. The van der Waals surface area contributed by atoms with Crippen LogP contribution in [0.4, 0.5) is 5.69 Å². The summed E-state index contributed by atoms with van der Waals surface area (Å²) in [6, 6.07) is 16.0. The Labute approximate surface area is 228 Å². The molecule has 3 unspecified atom stereocenters. The quantitative estimate of drug-likeness (QED) is 0.451. The van der Waals surface area contributed by atoms with Crippen molar-refractivity contribution in [1.82, 2.24) is 9.80 Å². The number of carbonyl (C=O) groups excluding carboxylic acids is 2. The molecule has 2 heterocycles. The van der Waals surface area contributed by atoms with Crippen molar-refractivity contribution in [2.75, 3.05) is 58.4 Å². The highest BCUT2D eigenvalue weighted by Crippen LogP contribution is 2.30. The maximum atomic E-state index is 14.0. The summed E-state index contributed by atoms with van der Waals surface area (Å²) >= 11 is 0. The number of ether oxygens (including phenoxy) is 1. The first-order valence-electron chi connectivity index (χ1n) is 14.3. The normalized spacial score (nSPS) is 22.2. The van der Waals surface area contributed by atoms with Crippen LogP contribution in [0.3, 0.4) is 0 Å². The highest BCUT2D eigenvalue weighted by Gasteiger charge is 2.39. The van der Waals surface area contributed by atoms with Crippen molar-refractivity contribution in [3.05, 3.63) is 65.2 Å². The molecule has 0 saturated carbocycles. The highest BCUT2D eigenvalue weighted by molar-refractivity contribution is 6.03. The Bertz CT molecular complexity index is 1060. The van der Waals surface area contributed by atoms with E-state index in [2.05, 4.69) is 42.7 Å². The van der Waals surface area contributed by atoms with Crippen molar-refractivity contribution in [1.29, 1.82) is 0 Å². The molecule has 2 aliphatic rings. The molecule has 38 heavy (non-hydrogen) atoms. The van der Waals surface area contributed by atoms with Gasteiger partial charge in [-0.1, -0.05) is 32.9 Å². The molecule has 2 aromatic rings. The third-order valence-corrected chi connectivity index (χ3v) is 9.03. The molecule has 0 aliphatic carbocycles. The average Bonchev–Trinajstić information content (AvgIpc) is 3.12. The van der Waals surface area contributed by atoms with Gasteiger partial charge >= 0.3 is 0 Å². The first-order valence-corrected chi connectivity index (χ1v) is 14.3. The second kappa shape index (κ2) is 12.4. The molecular formula is C32H45N3O3. The Hall–Kier alpha value is -2.70. The van der Waals surface area contributed by atoms with E-state index in [9.17, 15) is 9.59 Å². The molecule has 0 bridgehead atoms. The number of morpholine rings is 1. The van der Waals surface area contributed by atoms with Gasteiger partial charge in [0.25, 0.3) is 5.91 Å². The van der Waals surface area contributed by atoms with Crippen LogP contribution in [0.2, 0.25) is 0 Å². The molecule has 2 fully saturated rings. The summed E-state index contributed by atoms with van der Waals surface area (Å²) in [6.45, 7) is 11.5. The maximum absolute atomic E-state index is 14.0. The monoisotopic (exact) mass is 519 g/mol. The number of ketones is 1. The highest BCUT2D eigenvalue weighted by atomic mass is 16.5. The molecule has 4 rings (SSSR count). The lowest BCUT2D eigenvalue weighted by Crippen LogP contribution is -2.52. The molecule has 3 atom stereocenters. The summed E-state index contributed by atoms with van der Waals surface area (Å²) in [5, 5.41) is 0. The number of Topliss-reactive ketones (excluding diaryl/α,β-unsaturated/α-hetero) is 1. The summed E-state index contributed by atoms with van der Waals surface area (Å²) < 4.78 is 5.47. The average molecular weight is 520 g/mol. The van der Waals surface area contributed by atoms with Crippen molar-refractivity contribution >= 4 is 17.4 Å². The predicted octanol–water partition coefficient (Wildman–Crippen LogP) is 5.17. The zero-order chi connectivity index (χ0) is 27.3. The third-order valence-electron chi connectivity index (χ3n) is 9.03. The molecule has 0 N–H and O–H groups in total. The van der Waals surface area contributed by atoms with Gasteiger partial charge < -0.3 is 14.5 Å². The Balaban J connectivity index is 1.48. The molecule has 0 radical (unpaired) electrons. The molecule has 1 amide bonds. The van der Waals surface area contributed by atoms with Crippen LogP contribution in [0.25, 0.3) is 0 Å². The van der Waals surface area contributed by atoms with E-state index in [-0.39, 0.29) is 11.7 Å². The van der Waals surface area contributed by atoms with Gasteiger partial charge in [0, 0.05) is 43.0 Å². The van der Waals surface area contributed by atoms with E-state index < -0.39 is 5.54 Å². The van der Waals surface area contributed by atoms with Crippen molar-refractivity contribution in [3.63, 3.8) is 0 Å². The van der Waals surface area contributed by atoms with Gasteiger partial charge in [0.05, 0.1) is 18.8 Å². The summed E-state index contributed by atoms with van der Waals surface area (Å²) in [5.41, 5.74) is 2.99. The number of nitrogens with zero attached hydrogens (tertiary/aromatic N) is 3. The van der Waals surface area contributed by atoms with Gasteiger partial charge in [0.15, 0.2) is 5.78 Å². The molecule has 2 aromatic carbocycles. The van der Waals surface area contributed by atoms with Crippen molar-refractivity contribution in [3.8, 4) is 0 Å². The molecule has 2 aliphatic heterocycles. The maximum Gasteiger partial charge on any atom is 0.253 e. The second-order valence-corrected chi connectivity index (χ2v) is 11.5. The van der Waals surface area contributed by atoms with E-state index in [1.54, 1.807) is 0 Å². The van der Waals surface area contributed by atoms with Gasteiger partial charge in [-0.3, -0.25) is 14.5 Å². The van der Waals surface area contributed by atoms with E-state index in [1.807, 2.05) is 55.4 Å². The van der Waals surface area contributed by atoms with Crippen molar-refractivity contribution < 1.29 is 14.3 Å². The Morgan fingerprint density at radius 3 is 1.95 bits per heavy atom. The van der Waals surface area contributed by atoms with Crippen LogP contribution in [0.15, 0.2) is 48.5 Å². The fraction of sp³-hybridized carbons (Fsp3) is 0.562. The lowest BCUT2D eigenvalue weighted by Gasteiger charge is -2.38. The lowest BCUT2D eigenvalue weighted by atomic mass is 9.80. The molecule has 6 heteroatoms. The number of likely N-dealkylation sites (N-methyl/N-ethyl adjacent to an activating group) is 1. The minimum atomic E-state index is -0.664. The number of carbonyl (C=O) groups is 2. The first-order chi connectivity index (χ1) is 18.2. The zero-order valence-electron chi connectivity index (χ0n) is 23.9. The van der Waals surface area contributed by atoms with Gasteiger partial charge in [-0.25, -0.2) is 0 Å². The van der Waals surface area contributed by atoms with E-state index >= 15 is 0 Å². The molecule has 2 saturated heterocycles. The summed E-state index contributed by atoms with van der Waals surface area (Å²) in [6.07, 6.45) is 3.40. The van der Waals surface area contributed by atoms with Gasteiger partial charge in [0.1, 0.15) is 0 Å². The second-order valence-electron chi connectivity index (χ2n) is 11.5. The van der Waals surface area contributed by atoms with Crippen LogP contribution in [-0.2, 0) is 11.2 Å². The zero-order valence-corrected chi connectivity index (χ0v) is 23.9. The van der Waals surface area contributed by atoms with E-state index in [0.717, 1.165) is 74.6 Å². The predicted molar refractivity (Wildman–Crippen MR) is 154 cm³/mol. The number of benzene rings is 2. The fourth-order valence-corrected chi connectivity index (χ4v) is 5.85. The van der Waals surface area contributed by atoms with E-state index in [1.165, 1.54) is 0 Å². The molecule has 206 valence electrons. The van der Waals surface area contributed by atoms with E-state index in [0.29, 0.717) is 24.7 Å². The minimum absolute atomic E-state index is 0.114. The van der Waals surface area contributed by atoms with Crippen molar-refractivity contribution in [2.45, 2.75) is 52.0 Å². The third kappa shape index (κ3) is 6.13. The minimum Gasteiger partial charge on any atom is -0.378 e. The van der Waals surface area contributed by atoms with Gasteiger partial charge in [-0.15, -0.1) is 0 Å². The smallest absolute Gasteiger partial charge is 0.253 e. The van der Waals surface area contributed by atoms with E-state index in [4.69, 9.17) is 4.74 Å². The number of likely N-dealkylation sites (tertiary alicyclic amines) is 1. The molecule has 0 spiro atoms. The SMILES string of the molecule is CCC(Cc1ccc(C(=O)N2CCC(C)C(C)CC2)cc1)(C(=O)c1ccc(N2CCOCC2)cc1)N(C)C. The molecular weight excluding hydrogens is 474 g/mol. The summed E-state index contributed by atoms with van der Waals surface area (Å²) in [4.78, 5) is 33.5. The lowest BCUT2D eigenvalue weighted by molar-refractivity contribution is 0.0665. The molecule has 0 aromatic heterocycles. The topological polar surface area (TPSA) is 53.1 Å². The van der Waals surface area contributed by atoms with Crippen LogP contribution < -0.4 is 4.90 Å². The number of hydrogen-bond donors (Lipinski definition) is 0. The Morgan fingerprint density at radius 1 is 0.868 bits per heavy atom. The van der Waals surface area contributed by atoms with Crippen molar-refractivity contribution in [2.24, 2.45) is 11.8 Å². The molecule has 6 nitrogen and oxygen atoms in total. The number of anilines is 1. The van der Waals surface area contributed by atoms with Crippen LogP contribution in [0.5, 0.6) is 0 Å². The van der Waals surface area contributed by atoms with Crippen LogP contribution in [0, 0.1) is 11.8 Å². The first kappa shape index (κ1) is 28.3. The fourth-order valence-electron chi connectivity index (χ4n) is 5.85. The summed E-state index contributed by atoms with van der Waals surface area (Å²) in [7, 11) is 3.98. The van der Waals surface area contributed by atoms with Gasteiger partial charge in [-0.05, 0) is 93.6 Å². The Morgan fingerprint density at radius 2 is 1.42 bits per heavy atom. The van der Waals surface area contributed by atoms with Gasteiger partial charge in [-0.2, -0.15) is 0 Å². The number of amides is 1. The largest absolute Gasteiger partial charge is 0.378 e. The Kier molecular flexibility index (Phi) is 9.27. The van der Waals surface area contributed by atoms with Crippen LogP contribution >= 0.6 is 0 Å². The van der Waals surface area contributed by atoms with Crippen LogP contribution in [0.1, 0.15) is 66.3 Å².